The van der Waals surface area contributed by atoms with E-state index in [1.54, 1.807) is 29.7 Å². The number of hydrogen-bond donors (Lipinski definition) is 5. The number of amides is 3. The molecule has 5 saturated heterocycles. The summed E-state index contributed by atoms with van der Waals surface area (Å²) in [6, 6.07) is 16.0. The average Bonchev–Trinajstić information content (AvgIpc) is 4.32. The second kappa shape index (κ2) is 23.8. The van der Waals surface area contributed by atoms with E-state index in [-0.39, 0.29) is 72.2 Å². The fraction of sp³-hybridized carbons (Fsp3) is 0.532. The predicted octanol–water partition coefficient (Wildman–Crippen LogP) is 7.94. The van der Waals surface area contributed by atoms with Crippen LogP contribution in [0.15, 0.2) is 66.3 Å². The summed E-state index contributed by atoms with van der Waals surface area (Å²) < 4.78 is 23.8. The molecule has 0 saturated carbocycles. The Labute approximate surface area is 478 Å². The Bertz CT molecular complexity index is 3260. The summed E-state index contributed by atoms with van der Waals surface area (Å²) in [5, 5.41) is 33.6. The summed E-state index contributed by atoms with van der Waals surface area (Å²) in [7, 11) is 0. The number of phenols is 1. The van der Waals surface area contributed by atoms with E-state index in [4.69, 9.17) is 19.7 Å². The molecule has 430 valence electrons. The number of carbonyl (C=O) groups excluding carboxylic acids is 3. The van der Waals surface area contributed by atoms with Crippen LogP contribution in [0.3, 0.4) is 0 Å². The summed E-state index contributed by atoms with van der Waals surface area (Å²) in [5.74, 6) is -0.386. The van der Waals surface area contributed by atoms with Gasteiger partial charge in [-0.1, -0.05) is 70.2 Å². The molecule has 5 aliphatic rings. The molecule has 3 amide bonds. The van der Waals surface area contributed by atoms with Crippen LogP contribution in [0.5, 0.6) is 11.8 Å². The Morgan fingerprint density at radius 3 is 2.43 bits per heavy atom. The van der Waals surface area contributed by atoms with Gasteiger partial charge >= 0.3 is 6.01 Å². The number of thiazole rings is 1. The van der Waals surface area contributed by atoms with Crippen molar-refractivity contribution in [3.8, 4) is 33.5 Å². The summed E-state index contributed by atoms with van der Waals surface area (Å²) in [6.07, 6.45) is 8.03. The number of aromatic nitrogens is 4. The quantitative estimate of drug-likeness (QED) is 0.0589. The number of carbonyl (C=O) groups is 3. The van der Waals surface area contributed by atoms with Gasteiger partial charge in [-0.05, 0) is 129 Å². The number of aliphatic hydroxyl groups excluding tert-OH is 1. The second-order valence-electron chi connectivity index (χ2n) is 24.4. The lowest BCUT2D eigenvalue weighted by Gasteiger charge is -2.36. The minimum atomic E-state index is -0.900. The van der Waals surface area contributed by atoms with Crippen LogP contribution >= 0.6 is 11.3 Å². The number of nitrogens with one attached hydrogen (secondary N) is 3. The third-order valence-electron chi connectivity index (χ3n) is 17.7. The van der Waals surface area contributed by atoms with E-state index < -0.39 is 29.4 Å². The van der Waals surface area contributed by atoms with Gasteiger partial charge in [0.1, 0.15) is 41.5 Å². The number of β-amino-alcohol motifs (C(OH)–C–C–N with tert-alkyl or cyclic N) is 1. The first-order valence-electron chi connectivity index (χ1n) is 29.3. The molecule has 7 atom stereocenters. The van der Waals surface area contributed by atoms with Crippen molar-refractivity contribution in [2.45, 2.75) is 142 Å². The zero-order valence-corrected chi connectivity index (χ0v) is 48.4. The minimum absolute atomic E-state index is 0.00956. The number of halogens is 1. The van der Waals surface area contributed by atoms with Gasteiger partial charge in [0, 0.05) is 75.5 Å². The van der Waals surface area contributed by atoms with Crippen LogP contribution in [0.1, 0.15) is 109 Å². The van der Waals surface area contributed by atoms with E-state index in [1.807, 2.05) is 82.6 Å². The van der Waals surface area contributed by atoms with Crippen molar-refractivity contribution < 1.29 is 33.7 Å². The van der Waals surface area contributed by atoms with Gasteiger partial charge in [-0.25, -0.2) is 9.37 Å². The molecule has 3 aromatic heterocycles. The van der Waals surface area contributed by atoms with Crippen molar-refractivity contribution in [2.24, 2.45) is 11.3 Å². The zero-order valence-electron chi connectivity index (χ0n) is 47.6. The fourth-order valence-electron chi connectivity index (χ4n) is 13.2. The number of piperazine rings is 1. The molecule has 5 fully saturated rings. The molecule has 0 unspecified atom stereocenters. The average molecular weight is 1120 g/mol. The number of anilines is 1. The van der Waals surface area contributed by atoms with Gasteiger partial charge < -0.3 is 45.6 Å². The number of aromatic hydroxyl groups is 1. The smallest absolute Gasteiger partial charge is 0.319 e. The van der Waals surface area contributed by atoms with Gasteiger partial charge in [-0.2, -0.15) is 9.97 Å². The number of piperidine rings is 1. The summed E-state index contributed by atoms with van der Waals surface area (Å²) in [4.78, 5) is 70.4. The molecule has 2 bridgehead atoms. The zero-order chi connectivity index (χ0) is 56.7. The molecule has 0 aliphatic carbocycles. The molecule has 5 N–H and O–H groups in total. The Morgan fingerprint density at radius 1 is 0.951 bits per heavy atom. The van der Waals surface area contributed by atoms with Crippen LogP contribution < -0.4 is 25.6 Å². The van der Waals surface area contributed by atoms with Crippen molar-refractivity contribution >= 4 is 56.6 Å². The Morgan fingerprint density at radius 2 is 1.72 bits per heavy atom. The van der Waals surface area contributed by atoms with Gasteiger partial charge in [0.2, 0.25) is 17.7 Å². The molecule has 6 aromatic rings. The van der Waals surface area contributed by atoms with Gasteiger partial charge in [-0.15, -0.1) is 11.3 Å². The number of phenolic OH excluding ortho intramolecular Hbond substituents is 1. The maximum atomic E-state index is 17.3. The highest BCUT2D eigenvalue weighted by Crippen LogP contribution is 2.40. The molecule has 0 spiro atoms. The predicted molar refractivity (Wildman–Crippen MR) is 314 cm³/mol. The third-order valence-corrected chi connectivity index (χ3v) is 18.6. The Balaban J connectivity index is 0.690. The normalized spacial score (nSPS) is 22.6. The van der Waals surface area contributed by atoms with E-state index in [0.717, 1.165) is 122 Å². The maximum absolute atomic E-state index is 17.3. The monoisotopic (exact) mass is 1120 g/mol. The van der Waals surface area contributed by atoms with Crippen LogP contribution in [0, 0.1) is 24.1 Å². The van der Waals surface area contributed by atoms with Crippen molar-refractivity contribution in [2.75, 3.05) is 63.9 Å². The molecule has 3 aromatic carbocycles. The van der Waals surface area contributed by atoms with Crippen molar-refractivity contribution in [1.82, 2.24) is 50.6 Å². The standard InChI is InChI=1S/C62H78FN11O6S/c1-7-39-10-8-11-42-26-46(75)27-48(52(39)42)54-53(63)55-49(29-64-54)58(73-31-43-17-18-44(32-73)67-43)70-61(69-55)80-34-45-12-9-22-72(45)30-38-19-23-71(24-20-38)25-21-51(77)68-57(62(4,5)6)60(79)74-33-47(76)28-50(74)59(78)66-36(2)40-13-15-41(16-14-40)56-37(3)65-35-81-56/h8,10-11,13-16,26-27,29,35-36,38,43-45,47,50,57,67,75-76H,7,9,12,17-25,28,30-34H2,1-6H3,(H,66,78)(H,68,77)/t36-,43-,44+,45-,47+,50-,57+/m0/s1. The molecular formula is C62H78FN11O6S. The molecule has 81 heavy (non-hydrogen) atoms. The first-order valence-corrected chi connectivity index (χ1v) is 30.2. The van der Waals surface area contributed by atoms with Crippen molar-refractivity contribution in [3.05, 3.63) is 88.9 Å². The van der Waals surface area contributed by atoms with E-state index in [9.17, 15) is 24.6 Å². The van der Waals surface area contributed by atoms with Gasteiger partial charge in [0.15, 0.2) is 5.82 Å². The molecule has 8 heterocycles. The van der Waals surface area contributed by atoms with Crippen LogP contribution in [-0.4, -0.2) is 158 Å². The first-order chi connectivity index (χ1) is 39.0. The maximum Gasteiger partial charge on any atom is 0.319 e. The highest BCUT2D eigenvalue weighted by Gasteiger charge is 2.45. The number of benzene rings is 3. The molecule has 0 radical (unpaired) electrons. The third kappa shape index (κ3) is 12.2. The number of aliphatic hydroxyl groups is 1. The number of fused-ring (bicyclic) bond motifs is 4. The number of hydrogen-bond acceptors (Lipinski definition) is 15. The van der Waals surface area contributed by atoms with Crippen molar-refractivity contribution in [3.63, 3.8) is 0 Å². The van der Waals surface area contributed by atoms with E-state index in [1.165, 1.54) is 4.90 Å². The van der Waals surface area contributed by atoms with Gasteiger partial charge in [-0.3, -0.25) is 24.3 Å². The van der Waals surface area contributed by atoms with Crippen LogP contribution in [0.25, 0.3) is 43.4 Å². The summed E-state index contributed by atoms with van der Waals surface area (Å²) in [5.41, 5.74) is 5.94. The van der Waals surface area contributed by atoms with Crippen LogP contribution in [0.2, 0.25) is 0 Å². The fourth-order valence-corrected chi connectivity index (χ4v) is 14.0. The number of likely N-dealkylation sites (tertiary alicyclic amines) is 3. The topological polar surface area (TPSA) is 202 Å². The highest BCUT2D eigenvalue weighted by molar-refractivity contribution is 7.13. The van der Waals surface area contributed by atoms with Gasteiger partial charge in [0.25, 0.3) is 0 Å². The molecule has 17 nitrogen and oxygen atoms in total. The summed E-state index contributed by atoms with van der Waals surface area (Å²) >= 11 is 1.58. The lowest BCUT2D eigenvalue weighted by Crippen LogP contribution is -2.58. The molecule has 5 aliphatic heterocycles. The van der Waals surface area contributed by atoms with E-state index >= 15 is 4.39 Å². The first kappa shape index (κ1) is 56.5. The number of ether oxygens (including phenoxy) is 1. The number of rotatable bonds is 17. The minimum Gasteiger partial charge on any atom is -0.508 e. The number of nitrogens with zero attached hydrogens (tertiary/aromatic N) is 8. The van der Waals surface area contributed by atoms with E-state index in [2.05, 4.69) is 42.6 Å². The van der Waals surface area contributed by atoms with Crippen molar-refractivity contribution in [1.29, 1.82) is 0 Å². The largest absolute Gasteiger partial charge is 0.508 e. The Kier molecular flexibility index (Phi) is 16.6. The SMILES string of the molecule is CCc1cccc2cc(O)cc(-c3ncc4c(N5C[C@H]6CC[C@@H](C5)N6)nc(OC[C@@H]5CCCN5CC5CCN(CCC(=O)N[C@H](C(=O)N6C[C@H](O)C[C@H]6C(=O)N[C@@H](C)c6ccc(-c7scnc7C)cc6)C(C)(C)C)CC5)nc4c3F)c12. The molecular weight excluding hydrogens is 1050 g/mol. The highest BCUT2D eigenvalue weighted by atomic mass is 32.1. The molecule has 19 heteroatoms. The second-order valence-corrected chi connectivity index (χ2v) is 25.3. The Hall–Kier alpha value is -6.38. The number of pyridine rings is 1. The lowest BCUT2D eigenvalue weighted by molar-refractivity contribution is -0.144. The van der Waals surface area contributed by atoms with E-state index in [0.29, 0.717) is 47.9 Å². The number of aryl methyl sites for hydroxylation is 2. The van der Waals surface area contributed by atoms with Gasteiger partial charge in [0.05, 0.1) is 33.6 Å². The summed E-state index contributed by atoms with van der Waals surface area (Å²) in [6.45, 7) is 17.7. The lowest BCUT2D eigenvalue weighted by atomic mass is 9.85. The molecule has 11 rings (SSSR count). The van der Waals surface area contributed by atoms with Crippen LogP contribution in [0.4, 0.5) is 10.2 Å². The van der Waals surface area contributed by atoms with Crippen LogP contribution in [-0.2, 0) is 20.8 Å².